The Labute approximate surface area is 264 Å². The Morgan fingerprint density at radius 2 is 1.36 bits per heavy atom. The highest BCUT2D eigenvalue weighted by Gasteiger charge is 2.26. The van der Waals surface area contributed by atoms with E-state index in [-0.39, 0.29) is 31.7 Å². The number of methoxy groups -OCH3 is 2. The molecule has 246 valence electrons. The van der Waals surface area contributed by atoms with Crippen LogP contribution < -0.4 is 24.8 Å². The molecule has 12 heteroatoms. The van der Waals surface area contributed by atoms with E-state index >= 15 is 0 Å². The van der Waals surface area contributed by atoms with Crippen LogP contribution in [-0.2, 0) is 23.8 Å². The lowest BCUT2D eigenvalue weighted by atomic mass is 10.1. The number of benzene rings is 2. The van der Waals surface area contributed by atoms with Gasteiger partial charge in [-0.25, -0.2) is 9.59 Å². The molecule has 1 unspecified atom stereocenters. The maximum atomic E-state index is 12.8. The number of hydrogen-bond acceptors (Lipinski definition) is 10. The molecular formula is C33H44N2O10. The van der Waals surface area contributed by atoms with E-state index in [0.717, 1.165) is 11.1 Å². The molecule has 0 heterocycles. The molecule has 1 atom stereocenters. The van der Waals surface area contributed by atoms with E-state index in [2.05, 4.69) is 10.6 Å². The molecule has 0 aromatic heterocycles. The molecule has 2 N–H and O–H groups in total. The van der Waals surface area contributed by atoms with Crippen molar-refractivity contribution in [2.75, 3.05) is 27.4 Å². The highest BCUT2D eigenvalue weighted by atomic mass is 16.7. The lowest BCUT2D eigenvalue weighted by Gasteiger charge is -2.24. The van der Waals surface area contributed by atoms with E-state index in [1.807, 2.05) is 24.3 Å². The van der Waals surface area contributed by atoms with Crippen molar-refractivity contribution in [2.45, 2.75) is 71.6 Å². The summed E-state index contributed by atoms with van der Waals surface area (Å²) in [5.41, 5.74) is 0.274. The molecule has 0 saturated carbocycles. The fraction of sp³-hybridized carbons (Fsp3) is 0.455. The largest absolute Gasteiger partial charge is 0.513 e. The lowest BCUT2D eigenvalue weighted by molar-refractivity contribution is -0.155. The Morgan fingerprint density at radius 1 is 0.778 bits per heavy atom. The van der Waals surface area contributed by atoms with Crippen molar-refractivity contribution in [2.24, 2.45) is 0 Å². The van der Waals surface area contributed by atoms with Gasteiger partial charge in [0.25, 0.3) is 0 Å². The molecular weight excluding hydrogens is 584 g/mol. The minimum atomic E-state index is -1.09. The normalized spacial score (nSPS) is 12.1. The van der Waals surface area contributed by atoms with Gasteiger partial charge in [0.05, 0.1) is 20.8 Å². The standard InChI is InChI=1S/C33H44N2O10/c1-32(2,3)44-28(36)16-15-27(35-30(38)45-33(4,5)6)29(37)34-17-18-42-31(39)43-24-13-11-22(12-14-24)9-10-23-19-25(40-7)21-26(20-23)41-8/h9-14,19-21,27H,15-18H2,1-8H3,(H,34,37)(H,35,38). The van der Waals surface area contributed by atoms with Crippen molar-refractivity contribution in [3.05, 3.63) is 53.6 Å². The van der Waals surface area contributed by atoms with Crippen LogP contribution in [0.4, 0.5) is 9.59 Å². The second-order valence-corrected chi connectivity index (χ2v) is 11.9. The number of ether oxygens (including phenoxy) is 6. The average molecular weight is 629 g/mol. The van der Waals surface area contributed by atoms with E-state index in [9.17, 15) is 19.2 Å². The summed E-state index contributed by atoms with van der Waals surface area (Å²) >= 11 is 0. The molecule has 0 radical (unpaired) electrons. The highest BCUT2D eigenvalue weighted by molar-refractivity contribution is 5.86. The van der Waals surface area contributed by atoms with Crippen molar-refractivity contribution in [1.29, 1.82) is 0 Å². The van der Waals surface area contributed by atoms with Crippen LogP contribution in [-0.4, -0.2) is 68.7 Å². The molecule has 12 nitrogen and oxygen atoms in total. The Balaban J connectivity index is 1.85. The van der Waals surface area contributed by atoms with Crippen LogP contribution in [0, 0.1) is 0 Å². The van der Waals surface area contributed by atoms with Crippen molar-refractivity contribution in [1.82, 2.24) is 10.6 Å². The van der Waals surface area contributed by atoms with Crippen molar-refractivity contribution in [3.8, 4) is 17.2 Å². The third-order valence-corrected chi connectivity index (χ3v) is 5.61. The van der Waals surface area contributed by atoms with Gasteiger partial charge in [-0.15, -0.1) is 0 Å². The number of alkyl carbamates (subject to hydrolysis) is 1. The Kier molecular flexibility index (Phi) is 13.7. The molecule has 0 fully saturated rings. The molecule has 0 aliphatic carbocycles. The summed E-state index contributed by atoms with van der Waals surface area (Å²) in [5.74, 6) is 0.516. The first-order valence-electron chi connectivity index (χ1n) is 14.4. The topological polar surface area (TPSA) is 148 Å². The summed E-state index contributed by atoms with van der Waals surface area (Å²) < 4.78 is 31.3. The number of carbonyl (C=O) groups is 4. The van der Waals surface area contributed by atoms with Gasteiger partial charge in [-0.3, -0.25) is 9.59 Å². The van der Waals surface area contributed by atoms with Crippen molar-refractivity contribution >= 4 is 36.3 Å². The van der Waals surface area contributed by atoms with Gasteiger partial charge in [0.1, 0.15) is 41.1 Å². The van der Waals surface area contributed by atoms with Gasteiger partial charge in [0, 0.05) is 12.5 Å². The van der Waals surface area contributed by atoms with E-state index in [1.54, 1.807) is 86.1 Å². The van der Waals surface area contributed by atoms with Gasteiger partial charge in [-0.2, -0.15) is 0 Å². The number of hydrogen-bond donors (Lipinski definition) is 2. The van der Waals surface area contributed by atoms with Gasteiger partial charge < -0.3 is 39.1 Å². The zero-order chi connectivity index (χ0) is 33.6. The molecule has 2 aromatic rings. The SMILES string of the molecule is COc1cc(C=Cc2ccc(OC(=O)OCCNC(=O)C(CCC(=O)OC(C)(C)C)NC(=O)OC(C)(C)C)cc2)cc(OC)c1. The molecule has 2 amide bonds. The third-order valence-electron chi connectivity index (χ3n) is 5.61. The van der Waals surface area contributed by atoms with Crippen LogP contribution in [0.25, 0.3) is 12.2 Å². The Hall–Kier alpha value is -4.74. The predicted molar refractivity (Wildman–Crippen MR) is 168 cm³/mol. The summed E-state index contributed by atoms with van der Waals surface area (Å²) in [4.78, 5) is 49.4. The summed E-state index contributed by atoms with van der Waals surface area (Å²) in [5, 5.41) is 5.05. The molecule has 2 rings (SSSR count). The van der Waals surface area contributed by atoms with E-state index in [1.165, 1.54) is 0 Å². The smallest absolute Gasteiger partial charge is 0.497 e. The van der Waals surface area contributed by atoms with Crippen LogP contribution in [0.3, 0.4) is 0 Å². The molecule has 0 aliphatic rings. The summed E-state index contributed by atoms with van der Waals surface area (Å²) in [6.45, 7) is 9.99. The molecule has 0 spiro atoms. The summed E-state index contributed by atoms with van der Waals surface area (Å²) in [7, 11) is 3.17. The first-order valence-corrected chi connectivity index (χ1v) is 14.4. The number of esters is 1. The second-order valence-electron chi connectivity index (χ2n) is 11.9. The maximum absolute atomic E-state index is 12.8. The predicted octanol–water partition coefficient (Wildman–Crippen LogP) is 5.52. The fourth-order valence-electron chi connectivity index (χ4n) is 3.70. The average Bonchev–Trinajstić information content (AvgIpc) is 2.94. The zero-order valence-corrected chi connectivity index (χ0v) is 27.2. The first-order chi connectivity index (χ1) is 21.1. The van der Waals surface area contributed by atoms with E-state index in [0.29, 0.717) is 11.5 Å². The molecule has 45 heavy (non-hydrogen) atoms. The minimum Gasteiger partial charge on any atom is -0.497 e. The molecule has 0 aliphatic heterocycles. The van der Waals surface area contributed by atoms with Crippen molar-refractivity contribution in [3.63, 3.8) is 0 Å². The third kappa shape index (κ3) is 15.0. The highest BCUT2D eigenvalue weighted by Crippen LogP contribution is 2.24. The number of rotatable bonds is 13. The van der Waals surface area contributed by atoms with Gasteiger partial charge in [-0.05, 0) is 83.4 Å². The summed E-state index contributed by atoms with van der Waals surface area (Å²) in [6.07, 6.45) is 1.88. The fourth-order valence-corrected chi connectivity index (χ4v) is 3.70. The first kappa shape index (κ1) is 36.5. The molecule has 0 saturated heterocycles. The quantitative estimate of drug-likeness (QED) is 0.0955. The van der Waals surface area contributed by atoms with Crippen LogP contribution in [0.15, 0.2) is 42.5 Å². The van der Waals surface area contributed by atoms with Gasteiger partial charge >= 0.3 is 18.2 Å². The zero-order valence-electron chi connectivity index (χ0n) is 27.2. The van der Waals surface area contributed by atoms with Crippen molar-refractivity contribution < 1.29 is 47.6 Å². The number of amides is 2. The number of nitrogens with one attached hydrogen (secondary N) is 2. The maximum Gasteiger partial charge on any atom is 0.513 e. The molecule has 2 aromatic carbocycles. The van der Waals surface area contributed by atoms with Gasteiger partial charge in [0.15, 0.2) is 0 Å². The van der Waals surface area contributed by atoms with E-state index in [4.69, 9.17) is 28.4 Å². The summed E-state index contributed by atoms with van der Waals surface area (Å²) in [6, 6.07) is 11.2. The van der Waals surface area contributed by atoms with Crippen LogP contribution in [0.5, 0.6) is 17.2 Å². The molecule has 0 bridgehead atoms. The van der Waals surface area contributed by atoms with Gasteiger partial charge in [-0.1, -0.05) is 24.3 Å². The monoisotopic (exact) mass is 628 g/mol. The van der Waals surface area contributed by atoms with Crippen LogP contribution in [0.2, 0.25) is 0 Å². The Bertz CT molecular complexity index is 1300. The minimum absolute atomic E-state index is 0.0260. The number of carbonyl (C=O) groups excluding carboxylic acids is 4. The lowest BCUT2D eigenvalue weighted by Crippen LogP contribution is -2.49. The van der Waals surface area contributed by atoms with Gasteiger partial charge in [0.2, 0.25) is 5.91 Å². The van der Waals surface area contributed by atoms with E-state index < -0.39 is 41.4 Å². The second kappa shape index (κ2) is 16.9. The Morgan fingerprint density at radius 3 is 1.91 bits per heavy atom. The van der Waals surface area contributed by atoms with Crippen LogP contribution >= 0.6 is 0 Å². The van der Waals surface area contributed by atoms with Crippen LogP contribution in [0.1, 0.15) is 65.5 Å².